The van der Waals surface area contributed by atoms with Crippen LogP contribution in [0.1, 0.15) is 5.56 Å². The van der Waals surface area contributed by atoms with Crippen LogP contribution in [0.3, 0.4) is 0 Å². The van der Waals surface area contributed by atoms with E-state index >= 15 is 0 Å². The molecule has 0 saturated heterocycles. The van der Waals surface area contributed by atoms with Crippen molar-refractivity contribution in [1.29, 1.82) is 0 Å². The highest BCUT2D eigenvalue weighted by atomic mass is 35.5. The Bertz CT molecular complexity index is 1220. The molecule has 0 N–H and O–H groups in total. The van der Waals surface area contributed by atoms with E-state index in [0.29, 0.717) is 35.8 Å². The van der Waals surface area contributed by atoms with E-state index < -0.39 is 10.1 Å². The summed E-state index contributed by atoms with van der Waals surface area (Å²) in [4.78, 5) is 10.8. The largest absolute Gasteiger partial charge is 0.493 e. The average Bonchev–Trinajstić information content (AvgIpc) is 3.07. The lowest BCUT2D eigenvalue weighted by Gasteiger charge is -2.21. The molecule has 0 spiro atoms. The fourth-order valence-corrected chi connectivity index (χ4v) is 4.13. The van der Waals surface area contributed by atoms with Gasteiger partial charge in [-0.1, -0.05) is 11.6 Å². The molecule has 2 aromatic carbocycles. The zero-order valence-electron chi connectivity index (χ0n) is 16.0. The number of aromatic nitrogens is 2. The molecule has 0 atom stereocenters. The van der Waals surface area contributed by atoms with Gasteiger partial charge in [0.05, 0.1) is 31.0 Å². The van der Waals surface area contributed by atoms with Gasteiger partial charge in [0.25, 0.3) is 0 Å². The lowest BCUT2D eigenvalue weighted by atomic mass is 10.1. The van der Waals surface area contributed by atoms with E-state index in [2.05, 4.69) is 9.97 Å². The van der Waals surface area contributed by atoms with Crippen LogP contribution in [-0.4, -0.2) is 45.4 Å². The Hall–Kier alpha value is -2.78. The van der Waals surface area contributed by atoms with Crippen molar-refractivity contribution in [3.63, 3.8) is 0 Å². The van der Waals surface area contributed by atoms with Crippen LogP contribution in [0.15, 0.2) is 30.6 Å². The Kier molecular flexibility index (Phi) is 4.87. The molecule has 0 unspecified atom stereocenters. The summed E-state index contributed by atoms with van der Waals surface area (Å²) in [6.45, 7) is 0.647. The van der Waals surface area contributed by atoms with Crippen molar-refractivity contribution >= 4 is 44.1 Å². The number of ether oxygens (including phenoxy) is 2. The highest BCUT2D eigenvalue weighted by Crippen LogP contribution is 2.43. The minimum atomic E-state index is -3.67. The molecule has 0 saturated carbocycles. The van der Waals surface area contributed by atoms with Crippen LogP contribution in [0, 0.1) is 0 Å². The van der Waals surface area contributed by atoms with E-state index in [1.54, 1.807) is 32.4 Å². The molecule has 0 fully saturated rings. The standard InChI is InChI=1S/C19H18ClN3O5S/c1-26-17-7-12-14(9-18(17)27-2)21-10-22-19(12)23-5-4-11-6-16(28-29(3,24)25)13(20)8-15(11)23/h6-10H,4-5H2,1-3H3. The van der Waals surface area contributed by atoms with Crippen molar-refractivity contribution in [2.24, 2.45) is 0 Å². The highest BCUT2D eigenvalue weighted by Gasteiger charge is 2.26. The fraction of sp³-hybridized carbons (Fsp3) is 0.263. The smallest absolute Gasteiger partial charge is 0.306 e. The number of nitrogens with zero attached hydrogens (tertiary/aromatic N) is 3. The zero-order valence-corrected chi connectivity index (χ0v) is 17.5. The van der Waals surface area contributed by atoms with Gasteiger partial charge in [-0.3, -0.25) is 0 Å². The first-order valence-corrected chi connectivity index (χ1v) is 10.9. The average molecular weight is 436 g/mol. The first kappa shape index (κ1) is 19.5. The number of hydrogen-bond donors (Lipinski definition) is 0. The van der Waals surface area contributed by atoms with Gasteiger partial charge in [0.2, 0.25) is 0 Å². The molecule has 152 valence electrons. The number of halogens is 1. The molecule has 8 nitrogen and oxygen atoms in total. The van der Waals surface area contributed by atoms with E-state index in [-0.39, 0.29) is 10.8 Å². The summed E-state index contributed by atoms with van der Waals surface area (Å²) < 4.78 is 38.7. The predicted molar refractivity (Wildman–Crippen MR) is 110 cm³/mol. The first-order chi connectivity index (χ1) is 13.8. The van der Waals surface area contributed by atoms with E-state index in [4.69, 9.17) is 25.3 Å². The first-order valence-electron chi connectivity index (χ1n) is 8.67. The Morgan fingerprint density at radius 2 is 1.76 bits per heavy atom. The van der Waals surface area contributed by atoms with Crippen molar-refractivity contribution in [2.75, 3.05) is 31.9 Å². The van der Waals surface area contributed by atoms with Crippen molar-refractivity contribution in [1.82, 2.24) is 9.97 Å². The van der Waals surface area contributed by atoms with Gasteiger partial charge in [-0.15, -0.1) is 0 Å². The number of rotatable bonds is 5. The number of benzene rings is 2. The summed E-state index contributed by atoms with van der Waals surface area (Å²) in [6.07, 6.45) is 3.16. The number of anilines is 2. The second kappa shape index (κ2) is 7.23. The zero-order chi connectivity index (χ0) is 20.8. The van der Waals surface area contributed by atoms with Gasteiger partial charge in [0.1, 0.15) is 12.1 Å². The van der Waals surface area contributed by atoms with Crippen LogP contribution in [0.25, 0.3) is 10.9 Å². The molecule has 10 heteroatoms. The molecular formula is C19H18ClN3O5S. The Morgan fingerprint density at radius 1 is 1.03 bits per heavy atom. The maximum atomic E-state index is 11.5. The van der Waals surface area contributed by atoms with E-state index in [1.807, 2.05) is 11.0 Å². The third-order valence-corrected chi connectivity index (χ3v) is 5.42. The van der Waals surface area contributed by atoms with Crippen LogP contribution in [0.4, 0.5) is 11.5 Å². The Morgan fingerprint density at radius 3 is 2.45 bits per heavy atom. The molecule has 29 heavy (non-hydrogen) atoms. The maximum Gasteiger partial charge on any atom is 0.306 e. The molecule has 1 aliphatic rings. The van der Waals surface area contributed by atoms with E-state index in [9.17, 15) is 8.42 Å². The molecule has 0 bridgehead atoms. The van der Waals surface area contributed by atoms with Gasteiger partial charge in [-0.2, -0.15) is 8.42 Å². The Labute approximate surface area is 173 Å². The summed E-state index contributed by atoms with van der Waals surface area (Å²) in [6, 6.07) is 6.99. The van der Waals surface area contributed by atoms with Gasteiger partial charge < -0.3 is 18.6 Å². The molecule has 4 rings (SSSR count). The van der Waals surface area contributed by atoms with Gasteiger partial charge in [0, 0.05) is 23.7 Å². The number of methoxy groups -OCH3 is 2. The lowest BCUT2D eigenvalue weighted by Crippen LogP contribution is -2.15. The molecule has 0 radical (unpaired) electrons. The second-order valence-corrected chi connectivity index (χ2v) is 8.50. The van der Waals surface area contributed by atoms with Crippen LogP contribution in [0.2, 0.25) is 5.02 Å². The molecule has 3 aromatic rings. The lowest BCUT2D eigenvalue weighted by molar-refractivity contribution is 0.356. The molecule has 0 aliphatic carbocycles. The predicted octanol–water partition coefficient (Wildman–Crippen LogP) is 3.33. The van der Waals surface area contributed by atoms with Gasteiger partial charge in [-0.05, 0) is 30.2 Å². The van der Waals surface area contributed by atoms with Crippen LogP contribution in [0.5, 0.6) is 17.2 Å². The summed E-state index contributed by atoms with van der Waals surface area (Å²) in [5.74, 6) is 1.97. The monoisotopic (exact) mass is 435 g/mol. The maximum absolute atomic E-state index is 11.5. The highest BCUT2D eigenvalue weighted by molar-refractivity contribution is 7.86. The minimum absolute atomic E-state index is 0.119. The third kappa shape index (κ3) is 3.63. The fourth-order valence-electron chi connectivity index (χ4n) is 3.42. The topological polar surface area (TPSA) is 90.9 Å². The van der Waals surface area contributed by atoms with Crippen LogP contribution < -0.4 is 18.6 Å². The van der Waals surface area contributed by atoms with E-state index in [1.165, 1.54) is 6.33 Å². The summed E-state index contributed by atoms with van der Waals surface area (Å²) >= 11 is 6.29. The normalized spacial score (nSPS) is 13.4. The van der Waals surface area contributed by atoms with Gasteiger partial charge in [0.15, 0.2) is 17.2 Å². The summed E-state index contributed by atoms with van der Waals surface area (Å²) in [5, 5.41) is 1.00. The van der Waals surface area contributed by atoms with Crippen molar-refractivity contribution in [2.45, 2.75) is 6.42 Å². The SMILES string of the molecule is COc1cc2ncnc(N3CCc4cc(OS(C)(=O)=O)c(Cl)cc43)c2cc1OC. The quantitative estimate of drug-likeness (QED) is 0.563. The van der Waals surface area contributed by atoms with Crippen molar-refractivity contribution < 1.29 is 22.1 Å². The molecule has 0 amide bonds. The van der Waals surface area contributed by atoms with Crippen molar-refractivity contribution in [3.8, 4) is 17.2 Å². The molecule has 1 aliphatic heterocycles. The third-order valence-electron chi connectivity index (χ3n) is 4.65. The Balaban J connectivity index is 1.82. The molecule has 1 aromatic heterocycles. The second-order valence-electron chi connectivity index (χ2n) is 6.52. The number of fused-ring (bicyclic) bond motifs is 2. The van der Waals surface area contributed by atoms with Gasteiger partial charge >= 0.3 is 10.1 Å². The van der Waals surface area contributed by atoms with Crippen molar-refractivity contribution in [3.05, 3.63) is 41.2 Å². The minimum Gasteiger partial charge on any atom is -0.493 e. The summed E-state index contributed by atoms with van der Waals surface area (Å²) in [7, 11) is -0.529. The van der Waals surface area contributed by atoms with Crippen LogP contribution in [-0.2, 0) is 16.5 Å². The van der Waals surface area contributed by atoms with E-state index in [0.717, 1.165) is 22.9 Å². The van der Waals surface area contributed by atoms with Gasteiger partial charge in [-0.25, -0.2) is 9.97 Å². The number of hydrogen-bond acceptors (Lipinski definition) is 8. The van der Waals surface area contributed by atoms with Crippen LogP contribution >= 0.6 is 11.6 Å². The summed E-state index contributed by atoms with van der Waals surface area (Å²) in [5.41, 5.74) is 2.47. The molecular weight excluding hydrogens is 418 g/mol. The molecule has 2 heterocycles.